The number of hydrogen-bond donors (Lipinski definition) is 2. The van der Waals surface area contributed by atoms with Crippen molar-refractivity contribution in [2.45, 2.75) is 25.8 Å². The Morgan fingerprint density at radius 1 is 1.12 bits per heavy atom. The number of aliphatic hydroxyl groups excluding tert-OH is 1. The zero-order chi connectivity index (χ0) is 22.7. The highest BCUT2D eigenvalue weighted by Crippen LogP contribution is 2.29. The van der Waals surface area contributed by atoms with Gasteiger partial charge in [-0.05, 0) is 49.1 Å². The topological polar surface area (TPSA) is 112 Å². The lowest BCUT2D eigenvalue weighted by Crippen LogP contribution is -2.43. The van der Waals surface area contributed by atoms with E-state index < -0.39 is 5.69 Å². The van der Waals surface area contributed by atoms with Crippen LogP contribution in [0.2, 0.25) is 0 Å². The van der Waals surface area contributed by atoms with E-state index in [-0.39, 0.29) is 24.6 Å². The van der Waals surface area contributed by atoms with Gasteiger partial charge in [-0.25, -0.2) is 4.79 Å². The lowest BCUT2D eigenvalue weighted by molar-refractivity contribution is 0.277. The summed E-state index contributed by atoms with van der Waals surface area (Å²) in [4.78, 5) is 30.5. The number of anilines is 1. The Kier molecular flexibility index (Phi) is 6.23. The number of fused-ring (bicyclic) bond motifs is 1. The second-order valence-corrected chi connectivity index (χ2v) is 7.89. The third-order valence-electron chi connectivity index (χ3n) is 5.59. The van der Waals surface area contributed by atoms with Gasteiger partial charge in [0, 0.05) is 31.8 Å². The van der Waals surface area contributed by atoms with E-state index in [0.29, 0.717) is 48.0 Å². The molecule has 2 heterocycles. The van der Waals surface area contributed by atoms with Crippen molar-refractivity contribution in [3.05, 3.63) is 86.6 Å². The monoisotopic (exact) mass is 434 g/mol. The summed E-state index contributed by atoms with van der Waals surface area (Å²) in [5, 5.41) is 9.14. The van der Waals surface area contributed by atoms with Crippen molar-refractivity contribution in [1.82, 2.24) is 9.13 Å². The molecule has 2 aromatic carbocycles. The summed E-state index contributed by atoms with van der Waals surface area (Å²) >= 11 is 0. The quantitative estimate of drug-likeness (QED) is 0.577. The average Bonchev–Trinajstić information content (AvgIpc) is 2.80. The smallest absolute Gasteiger partial charge is 0.332 e. The van der Waals surface area contributed by atoms with Gasteiger partial charge in [-0.1, -0.05) is 30.3 Å². The molecular weight excluding hydrogens is 408 g/mol. The normalized spacial score (nSPS) is 15.2. The highest BCUT2D eigenvalue weighted by Gasteiger charge is 2.30. The van der Waals surface area contributed by atoms with Gasteiger partial charge in [0.15, 0.2) is 5.90 Å². The summed E-state index contributed by atoms with van der Waals surface area (Å²) in [6, 6.07) is 17.0. The lowest BCUT2D eigenvalue weighted by atomic mass is 9.91. The van der Waals surface area contributed by atoms with Crippen LogP contribution in [0.15, 0.2) is 69.2 Å². The maximum Gasteiger partial charge on any atom is 0.332 e. The number of nitrogens with zero attached hydrogens (tertiary/aromatic N) is 3. The van der Waals surface area contributed by atoms with E-state index in [1.165, 1.54) is 9.13 Å². The predicted molar refractivity (Wildman–Crippen MR) is 124 cm³/mol. The van der Waals surface area contributed by atoms with Crippen molar-refractivity contribution >= 4 is 17.4 Å². The molecule has 0 bridgehead atoms. The van der Waals surface area contributed by atoms with E-state index in [2.05, 4.69) is 4.99 Å². The Labute approximate surface area is 185 Å². The molecule has 1 aliphatic heterocycles. The van der Waals surface area contributed by atoms with Gasteiger partial charge >= 0.3 is 5.69 Å². The SMILES string of the molecule is Cn1c2c(c(=O)n(CCCO)c1=O)CC(Cc1ccccc1)C(Oc1ccc(N)cc1)=N2. The van der Waals surface area contributed by atoms with E-state index in [9.17, 15) is 9.59 Å². The zero-order valence-electron chi connectivity index (χ0n) is 17.9. The largest absolute Gasteiger partial charge is 0.443 e. The summed E-state index contributed by atoms with van der Waals surface area (Å²) in [5.41, 5.74) is 7.17. The van der Waals surface area contributed by atoms with Crippen molar-refractivity contribution in [2.24, 2.45) is 18.0 Å². The van der Waals surface area contributed by atoms with E-state index in [4.69, 9.17) is 15.6 Å². The predicted octanol–water partition coefficient (Wildman–Crippen LogP) is 2.04. The first kappa shape index (κ1) is 21.6. The van der Waals surface area contributed by atoms with Crippen LogP contribution in [0.1, 0.15) is 17.5 Å². The van der Waals surface area contributed by atoms with Crippen molar-refractivity contribution in [3.63, 3.8) is 0 Å². The third-order valence-corrected chi connectivity index (χ3v) is 5.59. The van der Waals surface area contributed by atoms with Gasteiger partial charge in [0.2, 0.25) is 0 Å². The summed E-state index contributed by atoms with van der Waals surface area (Å²) in [5.74, 6) is 1.17. The van der Waals surface area contributed by atoms with Gasteiger partial charge < -0.3 is 15.6 Å². The third kappa shape index (κ3) is 4.36. The first-order valence-corrected chi connectivity index (χ1v) is 10.6. The molecule has 1 aliphatic rings. The van der Waals surface area contributed by atoms with E-state index >= 15 is 0 Å². The molecule has 8 nitrogen and oxygen atoms in total. The van der Waals surface area contributed by atoms with Crippen LogP contribution in [0.25, 0.3) is 0 Å². The van der Waals surface area contributed by atoms with Gasteiger partial charge in [0.25, 0.3) is 5.56 Å². The molecule has 1 aromatic heterocycles. The number of aliphatic hydroxyl groups is 1. The van der Waals surface area contributed by atoms with Gasteiger partial charge in [-0.2, -0.15) is 4.99 Å². The Morgan fingerprint density at radius 3 is 2.53 bits per heavy atom. The van der Waals surface area contributed by atoms with Crippen molar-refractivity contribution in [1.29, 1.82) is 0 Å². The molecule has 1 atom stereocenters. The molecule has 4 rings (SSSR count). The summed E-state index contributed by atoms with van der Waals surface area (Å²) in [6.45, 7) is 0.0676. The van der Waals surface area contributed by atoms with Crippen LogP contribution in [0.4, 0.5) is 11.5 Å². The average molecular weight is 434 g/mol. The number of nitrogens with two attached hydrogens (primary N) is 1. The van der Waals surface area contributed by atoms with Crippen LogP contribution in [-0.2, 0) is 26.4 Å². The lowest BCUT2D eigenvalue weighted by Gasteiger charge is -2.26. The number of hydrogen-bond acceptors (Lipinski definition) is 6. The van der Waals surface area contributed by atoms with Crippen LogP contribution < -0.4 is 21.7 Å². The standard InChI is InChI=1S/C24H26N4O4/c1-27-21-20(23(30)28(24(27)31)12-5-13-29)15-17(14-16-6-3-2-4-7-16)22(26-21)32-19-10-8-18(25)9-11-19/h2-4,6-11,17,29H,5,12-15,25H2,1H3. The van der Waals surface area contributed by atoms with Crippen LogP contribution in [0.3, 0.4) is 0 Å². The van der Waals surface area contributed by atoms with Crippen LogP contribution in [-0.4, -0.2) is 26.7 Å². The number of nitrogen functional groups attached to an aromatic ring is 1. The summed E-state index contributed by atoms with van der Waals surface area (Å²) in [7, 11) is 1.60. The van der Waals surface area contributed by atoms with E-state index in [1.807, 2.05) is 30.3 Å². The number of rotatable bonds is 6. The van der Waals surface area contributed by atoms with Gasteiger partial charge in [0.05, 0.1) is 5.56 Å². The van der Waals surface area contributed by atoms with Gasteiger partial charge in [-0.3, -0.25) is 13.9 Å². The minimum absolute atomic E-state index is 0.0962. The molecular formula is C24H26N4O4. The summed E-state index contributed by atoms with van der Waals surface area (Å²) in [6.07, 6.45) is 1.35. The zero-order valence-corrected chi connectivity index (χ0v) is 17.9. The molecule has 0 aliphatic carbocycles. The highest BCUT2D eigenvalue weighted by atomic mass is 16.5. The van der Waals surface area contributed by atoms with E-state index in [0.717, 1.165) is 5.56 Å². The Morgan fingerprint density at radius 2 is 1.84 bits per heavy atom. The van der Waals surface area contributed by atoms with Gasteiger partial charge in [-0.15, -0.1) is 0 Å². The fourth-order valence-corrected chi connectivity index (χ4v) is 3.92. The first-order chi connectivity index (χ1) is 15.5. The fraction of sp³-hybridized carbons (Fsp3) is 0.292. The van der Waals surface area contributed by atoms with Crippen molar-refractivity contribution in [3.8, 4) is 5.75 Å². The minimum atomic E-state index is -0.459. The molecule has 1 unspecified atom stereocenters. The minimum Gasteiger partial charge on any atom is -0.443 e. The maximum atomic E-state index is 13.1. The van der Waals surface area contributed by atoms with Crippen LogP contribution in [0, 0.1) is 5.92 Å². The number of benzene rings is 2. The van der Waals surface area contributed by atoms with Crippen molar-refractivity contribution < 1.29 is 9.84 Å². The summed E-state index contributed by atoms with van der Waals surface area (Å²) < 4.78 is 8.67. The molecule has 3 N–H and O–H groups in total. The van der Waals surface area contributed by atoms with Crippen molar-refractivity contribution in [2.75, 3.05) is 12.3 Å². The molecule has 166 valence electrons. The fourth-order valence-electron chi connectivity index (χ4n) is 3.92. The molecule has 3 aromatic rings. The molecule has 0 saturated carbocycles. The molecule has 0 fully saturated rings. The second kappa shape index (κ2) is 9.23. The Hall–Kier alpha value is -3.65. The highest BCUT2D eigenvalue weighted by molar-refractivity contribution is 5.86. The Balaban J connectivity index is 1.79. The molecule has 0 radical (unpaired) electrons. The van der Waals surface area contributed by atoms with E-state index in [1.54, 1.807) is 31.3 Å². The number of aliphatic imine (C=N–C) groups is 1. The van der Waals surface area contributed by atoms with Crippen LogP contribution in [0.5, 0.6) is 5.75 Å². The number of aromatic nitrogens is 2. The first-order valence-electron chi connectivity index (χ1n) is 10.6. The Bertz CT molecular complexity index is 1240. The van der Waals surface area contributed by atoms with Crippen LogP contribution >= 0.6 is 0 Å². The molecule has 0 saturated heterocycles. The van der Waals surface area contributed by atoms with Gasteiger partial charge in [0.1, 0.15) is 11.6 Å². The number of ether oxygens (including phenoxy) is 1. The molecule has 32 heavy (non-hydrogen) atoms. The second-order valence-electron chi connectivity index (χ2n) is 7.89. The maximum absolute atomic E-state index is 13.1. The molecule has 0 amide bonds. The molecule has 8 heteroatoms. The molecule has 0 spiro atoms.